The summed E-state index contributed by atoms with van der Waals surface area (Å²) in [7, 11) is 0. The molecule has 1 aromatic heterocycles. The number of aromatic nitrogens is 1. The number of hydrogen-bond acceptors (Lipinski definition) is 4. The van der Waals surface area contributed by atoms with E-state index in [0.29, 0.717) is 56.5 Å². The van der Waals surface area contributed by atoms with Crippen LogP contribution in [-0.2, 0) is 12.6 Å². The Morgan fingerprint density at radius 3 is 2.64 bits per heavy atom. The number of halogens is 6. The van der Waals surface area contributed by atoms with Crippen LogP contribution in [-0.4, -0.2) is 61.3 Å². The predicted molar refractivity (Wildman–Crippen MR) is 95.4 cm³/mol. The van der Waals surface area contributed by atoms with E-state index in [1.54, 1.807) is 0 Å². The van der Waals surface area contributed by atoms with Gasteiger partial charge in [-0.2, -0.15) is 26.3 Å². The van der Waals surface area contributed by atoms with E-state index >= 15 is 0 Å². The van der Waals surface area contributed by atoms with Gasteiger partial charge in [0.2, 0.25) is 0 Å². The van der Waals surface area contributed by atoms with E-state index in [1.165, 1.54) is 4.90 Å². The Balaban J connectivity index is 1.78. The topological polar surface area (TPSA) is 52.6 Å². The molecule has 2 rings (SSSR count). The lowest BCUT2D eigenvalue weighted by Crippen LogP contribution is -2.38. The monoisotopic (exact) mass is 431 g/mol. The number of thiazole rings is 1. The summed E-state index contributed by atoms with van der Waals surface area (Å²) in [5.41, 5.74) is -0.891. The zero-order valence-corrected chi connectivity index (χ0v) is 16.1. The number of nitrogens with one attached hydrogen (secondary N) is 2. The maximum absolute atomic E-state index is 12.6. The van der Waals surface area contributed by atoms with Gasteiger partial charge in [-0.15, -0.1) is 11.3 Å². The molecule has 28 heavy (non-hydrogen) atoms. The Hall–Kier alpha value is -1.56. The van der Waals surface area contributed by atoms with Crippen LogP contribution in [0, 0.1) is 5.92 Å². The van der Waals surface area contributed by atoms with Crippen molar-refractivity contribution in [3.05, 3.63) is 16.1 Å². The van der Waals surface area contributed by atoms with Gasteiger partial charge in [0.05, 0.1) is 11.6 Å². The molecule has 0 aliphatic carbocycles. The number of alkyl halides is 6. The quantitative estimate of drug-likeness (QED) is 0.396. The predicted octanol–water partition coefficient (Wildman–Crippen LogP) is 3.14. The van der Waals surface area contributed by atoms with Gasteiger partial charge in [0, 0.05) is 38.0 Å². The number of rotatable bonds is 7. The van der Waals surface area contributed by atoms with Crippen molar-refractivity contribution in [1.82, 2.24) is 20.5 Å². The second-order valence-corrected chi connectivity index (χ2v) is 7.47. The highest BCUT2D eigenvalue weighted by atomic mass is 32.1. The largest absolute Gasteiger partial charge is 0.434 e. The van der Waals surface area contributed by atoms with Crippen LogP contribution in [0.2, 0.25) is 0 Å². The molecule has 0 radical (unpaired) electrons. The van der Waals surface area contributed by atoms with Crippen molar-refractivity contribution >= 4 is 17.3 Å². The Morgan fingerprint density at radius 1 is 1.29 bits per heavy atom. The van der Waals surface area contributed by atoms with Gasteiger partial charge in [0.15, 0.2) is 11.7 Å². The molecule has 12 heteroatoms. The molecule has 0 aromatic carbocycles. The lowest BCUT2D eigenvalue weighted by molar-refractivity contribution is -0.144. The first-order chi connectivity index (χ1) is 13.1. The number of likely N-dealkylation sites (tertiary alicyclic amines) is 1. The van der Waals surface area contributed by atoms with Gasteiger partial charge in [-0.05, 0) is 25.8 Å². The normalized spacial score (nSPS) is 19.2. The van der Waals surface area contributed by atoms with Gasteiger partial charge >= 0.3 is 12.4 Å². The summed E-state index contributed by atoms with van der Waals surface area (Å²) < 4.78 is 75.0. The average molecular weight is 431 g/mol. The molecule has 1 aromatic rings. The first kappa shape index (κ1) is 22.7. The number of guanidine groups is 1. The molecule has 160 valence electrons. The molecule has 0 amide bonds. The van der Waals surface area contributed by atoms with Crippen molar-refractivity contribution in [2.45, 2.75) is 32.1 Å². The summed E-state index contributed by atoms with van der Waals surface area (Å²) in [6.45, 7) is 3.04. The lowest BCUT2D eigenvalue weighted by Gasteiger charge is -2.17. The van der Waals surface area contributed by atoms with Gasteiger partial charge in [0.25, 0.3) is 0 Å². The molecule has 2 heterocycles. The molecule has 1 aliphatic heterocycles. The summed E-state index contributed by atoms with van der Waals surface area (Å²) in [6, 6.07) is 0. The van der Waals surface area contributed by atoms with Crippen molar-refractivity contribution in [1.29, 1.82) is 0 Å². The van der Waals surface area contributed by atoms with Crippen LogP contribution >= 0.6 is 11.3 Å². The van der Waals surface area contributed by atoms with E-state index in [0.717, 1.165) is 16.7 Å². The van der Waals surface area contributed by atoms with Crippen LogP contribution in [0.25, 0.3) is 0 Å². The van der Waals surface area contributed by atoms with E-state index < -0.39 is 24.6 Å². The fraction of sp³-hybridized carbons (Fsp3) is 0.750. The van der Waals surface area contributed by atoms with Crippen LogP contribution in [0.15, 0.2) is 10.4 Å². The van der Waals surface area contributed by atoms with Gasteiger partial charge < -0.3 is 10.6 Å². The summed E-state index contributed by atoms with van der Waals surface area (Å²) in [6.07, 6.45) is -7.68. The Morgan fingerprint density at radius 2 is 2.04 bits per heavy atom. The fourth-order valence-corrected chi connectivity index (χ4v) is 3.67. The molecule has 0 saturated carbocycles. The molecule has 5 nitrogen and oxygen atoms in total. The molecule has 0 bridgehead atoms. The minimum absolute atomic E-state index is 0.0473. The zero-order valence-electron chi connectivity index (χ0n) is 15.3. The summed E-state index contributed by atoms with van der Waals surface area (Å²) in [4.78, 5) is 9.33. The van der Waals surface area contributed by atoms with Crippen LogP contribution in [0.5, 0.6) is 0 Å². The van der Waals surface area contributed by atoms with E-state index in [-0.39, 0.29) is 5.92 Å². The van der Waals surface area contributed by atoms with Gasteiger partial charge in [-0.25, -0.2) is 4.98 Å². The second-order valence-electron chi connectivity index (χ2n) is 6.53. The number of nitrogens with zero attached hydrogens (tertiary/aromatic N) is 3. The first-order valence-electron chi connectivity index (χ1n) is 8.89. The van der Waals surface area contributed by atoms with Gasteiger partial charge in [0.1, 0.15) is 0 Å². The lowest BCUT2D eigenvalue weighted by atomic mass is 10.1. The maximum atomic E-state index is 12.6. The van der Waals surface area contributed by atoms with E-state index in [4.69, 9.17) is 0 Å². The van der Waals surface area contributed by atoms with Crippen molar-refractivity contribution in [3.8, 4) is 0 Å². The highest BCUT2D eigenvalue weighted by Gasteiger charge is 2.34. The zero-order chi connectivity index (χ0) is 20.8. The molecule has 1 fully saturated rings. The molecule has 1 aliphatic rings. The third-order valence-corrected chi connectivity index (χ3v) is 5.01. The van der Waals surface area contributed by atoms with Crippen LogP contribution in [0.3, 0.4) is 0 Å². The summed E-state index contributed by atoms with van der Waals surface area (Å²) >= 11 is 0.951. The van der Waals surface area contributed by atoms with E-state index in [2.05, 4.69) is 20.6 Å². The molecular formula is C16H23F6N5S. The molecular weight excluding hydrogens is 408 g/mol. The first-order valence-corrected chi connectivity index (χ1v) is 9.77. The Kier molecular flexibility index (Phi) is 7.93. The molecule has 2 N–H and O–H groups in total. The second kappa shape index (κ2) is 9.77. The van der Waals surface area contributed by atoms with E-state index in [9.17, 15) is 26.3 Å². The minimum atomic E-state index is -4.44. The Labute approximate surface area is 163 Å². The molecule has 1 unspecified atom stereocenters. The van der Waals surface area contributed by atoms with Crippen LogP contribution in [0.1, 0.15) is 24.0 Å². The standard InChI is InChI=1S/C16H23F6N5S/c1-2-23-14(24-5-3-13-26-12(9-28-13)16(20,21)22)25-7-11-4-6-27(8-11)10-15(17,18)19/h9,11H,2-8,10H2,1H3,(H2,23,24,25). The fourth-order valence-electron chi connectivity index (χ4n) is 2.86. The van der Waals surface area contributed by atoms with Crippen LogP contribution < -0.4 is 10.6 Å². The number of hydrogen-bond donors (Lipinski definition) is 2. The number of aliphatic imine (C=N–C) groups is 1. The average Bonchev–Trinajstić information content (AvgIpc) is 3.20. The molecule has 1 atom stereocenters. The van der Waals surface area contributed by atoms with Crippen molar-refractivity contribution < 1.29 is 26.3 Å². The highest BCUT2D eigenvalue weighted by molar-refractivity contribution is 7.09. The summed E-state index contributed by atoms with van der Waals surface area (Å²) in [5.74, 6) is 0.537. The van der Waals surface area contributed by atoms with E-state index in [1.807, 2.05) is 6.92 Å². The highest BCUT2D eigenvalue weighted by Crippen LogP contribution is 2.30. The third-order valence-electron chi connectivity index (χ3n) is 4.10. The van der Waals surface area contributed by atoms with Crippen LogP contribution in [0.4, 0.5) is 26.3 Å². The smallest absolute Gasteiger partial charge is 0.357 e. The molecule has 0 spiro atoms. The minimum Gasteiger partial charge on any atom is -0.357 e. The van der Waals surface area contributed by atoms with Crippen molar-refractivity contribution in [2.24, 2.45) is 10.9 Å². The third kappa shape index (κ3) is 7.82. The van der Waals surface area contributed by atoms with Crippen molar-refractivity contribution in [3.63, 3.8) is 0 Å². The van der Waals surface area contributed by atoms with Crippen molar-refractivity contribution in [2.75, 3.05) is 39.3 Å². The van der Waals surface area contributed by atoms with Gasteiger partial charge in [-0.1, -0.05) is 0 Å². The van der Waals surface area contributed by atoms with Gasteiger partial charge in [-0.3, -0.25) is 9.89 Å². The maximum Gasteiger partial charge on any atom is 0.434 e. The SMILES string of the molecule is CCNC(=NCC1CCN(CC(F)(F)F)C1)NCCc1nc(C(F)(F)F)cs1. The summed E-state index contributed by atoms with van der Waals surface area (Å²) in [5, 5.41) is 7.40. The Bertz CT molecular complexity index is 642. The molecule has 1 saturated heterocycles.